The normalized spacial score (nSPS) is 16.9. The number of carbonyl (C=O) groups is 1. The number of carbonyl (C=O) groups excluding carboxylic acids is 1. The average Bonchev–Trinajstić information content (AvgIpc) is 2.57. The maximum atomic E-state index is 13.2. The summed E-state index contributed by atoms with van der Waals surface area (Å²) in [6, 6.07) is 5.81. The van der Waals surface area contributed by atoms with Crippen molar-refractivity contribution in [2.24, 2.45) is 11.3 Å². The van der Waals surface area contributed by atoms with Crippen molar-refractivity contribution in [1.82, 2.24) is 0 Å². The highest BCUT2D eigenvalue weighted by Crippen LogP contribution is 2.39. The van der Waals surface area contributed by atoms with Crippen molar-refractivity contribution in [3.05, 3.63) is 34.3 Å². The lowest BCUT2D eigenvalue weighted by atomic mass is 9.73. The molecule has 1 N–H and O–H groups in total. The van der Waals surface area contributed by atoms with Crippen LogP contribution in [0.2, 0.25) is 5.02 Å². The van der Waals surface area contributed by atoms with Crippen molar-refractivity contribution >= 4 is 28.4 Å². The second kappa shape index (κ2) is 10.6. The number of hydrogen-bond donors (Lipinski definition) is 1. The number of halogens is 1. The average molecular weight is 487 g/mol. The molecule has 0 fully saturated rings. The monoisotopic (exact) mass is 486 g/mol. The van der Waals surface area contributed by atoms with E-state index in [0.29, 0.717) is 5.02 Å². The van der Waals surface area contributed by atoms with Gasteiger partial charge in [-0.15, -0.1) is 0 Å². The Kier molecular flexibility index (Phi) is 9.62. The van der Waals surface area contributed by atoms with E-state index in [9.17, 15) is 14.1 Å². The largest absolute Gasteiger partial charge is 0.460 e. The molecule has 0 saturated heterocycles. The van der Waals surface area contributed by atoms with E-state index in [1.165, 1.54) is 0 Å². The van der Waals surface area contributed by atoms with Gasteiger partial charge in [-0.05, 0) is 77.0 Å². The lowest BCUT2D eigenvalue weighted by Gasteiger charge is -2.38. The minimum absolute atomic E-state index is 0.193. The number of aliphatic hydroxyl groups excluding tert-OH is 1. The van der Waals surface area contributed by atoms with E-state index in [1.54, 1.807) is 20.8 Å². The fourth-order valence-electron chi connectivity index (χ4n) is 3.40. The van der Waals surface area contributed by atoms with Crippen molar-refractivity contribution < 1.29 is 18.8 Å². The summed E-state index contributed by atoms with van der Waals surface area (Å²) in [5.41, 5.74) is 0.412. The molecule has 0 aromatic heterocycles. The third kappa shape index (κ3) is 8.46. The molecule has 32 heavy (non-hydrogen) atoms. The van der Waals surface area contributed by atoms with E-state index >= 15 is 0 Å². The quantitative estimate of drug-likeness (QED) is 0.452. The van der Waals surface area contributed by atoms with Crippen LogP contribution in [0.5, 0.6) is 0 Å². The highest BCUT2D eigenvalue weighted by molar-refractivity contribution is 7.86. The molecule has 1 aromatic carbocycles. The van der Waals surface area contributed by atoms with Gasteiger partial charge in [0.1, 0.15) is 5.60 Å². The molecule has 0 spiro atoms. The summed E-state index contributed by atoms with van der Waals surface area (Å²) in [6.07, 6.45) is 1.84. The van der Waals surface area contributed by atoms with Crippen LogP contribution in [0.25, 0.3) is 0 Å². The van der Waals surface area contributed by atoms with E-state index in [-0.39, 0.29) is 11.2 Å². The van der Waals surface area contributed by atoms with Crippen LogP contribution < -0.4 is 0 Å². The predicted molar refractivity (Wildman–Crippen MR) is 136 cm³/mol. The molecule has 2 unspecified atom stereocenters. The number of ether oxygens (including phenoxy) is 1. The minimum Gasteiger partial charge on any atom is -0.460 e. The molecule has 1 aromatic rings. The van der Waals surface area contributed by atoms with Gasteiger partial charge in [0, 0.05) is 31.7 Å². The van der Waals surface area contributed by atoms with Gasteiger partial charge >= 0.3 is 5.97 Å². The van der Waals surface area contributed by atoms with Gasteiger partial charge in [0.2, 0.25) is 0 Å². The molecular weight excluding hydrogens is 444 g/mol. The Morgan fingerprint density at radius 2 is 1.62 bits per heavy atom. The molecule has 0 aliphatic heterocycles. The first kappa shape index (κ1) is 29.1. The molecule has 0 aliphatic carbocycles. The molecule has 0 heterocycles. The van der Waals surface area contributed by atoms with Crippen molar-refractivity contribution in [3.8, 4) is 0 Å². The van der Waals surface area contributed by atoms with Gasteiger partial charge in [-0.1, -0.05) is 51.4 Å². The third-order valence-corrected chi connectivity index (χ3v) is 8.19. The second-order valence-corrected chi connectivity index (χ2v) is 14.8. The summed E-state index contributed by atoms with van der Waals surface area (Å²) >= 11 is 6.67. The van der Waals surface area contributed by atoms with Crippen molar-refractivity contribution in [3.63, 3.8) is 0 Å². The Morgan fingerprint density at radius 1 is 1.06 bits per heavy atom. The van der Waals surface area contributed by atoms with Gasteiger partial charge in [0.15, 0.2) is 0 Å². The summed E-state index contributed by atoms with van der Waals surface area (Å²) < 4.78 is 18.3. The molecule has 184 valence electrons. The fourth-order valence-corrected chi connectivity index (χ4v) is 5.02. The van der Waals surface area contributed by atoms with Gasteiger partial charge in [-0.25, -0.2) is 0 Å². The summed E-state index contributed by atoms with van der Waals surface area (Å²) in [6.45, 7) is 19.2. The Bertz CT molecular complexity index is 815. The molecule has 1 rings (SSSR count). The first-order chi connectivity index (χ1) is 14.3. The standard InChI is InChI=1S/C26H43ClO4S/c1-23(2,3)14-13-18-11-12-19(15-21(18)27)26(10,17-32(30)25(7,8)9)20(16-28)22(29)31-24(4,5)6/h11-12,15,20,28H,13-14,16-17H2,1-10H3/t20?,26-,32?/m0/s1. The predicted octanol–water partition coefficient (Wildman–Crippen LogP) is 6.07. The maximum Gasteiger partial charge on any atom is 0.312 e. The molecular formula is C26H43ClO4S. The van der Waals surface area contributed by atoms with E-state index in [1.807, 2.05) is 45.9 Å². The summed E-state index contributed by atoms with van der Waals surface area (Å²) in [5.74, 6) is -1.16. The first-order valence-electron chi connectivity index (χ1n) is 11.3. The second-order valence-electron chi connectivity index (χ2n) is 12.2. The van der Waals surface area contributed by atoms with Crippen LogP contribution in [-0.4, -0.2) is 38.0 Å². The number of aryl methyl sites for hydroxylation is 1. The van der Waals surface area contributed by atoms with E-state index in [0.717, 1.165) is 24.0 Å². The van der Waals surface area contributed by atoms with E-state index in [4.69, 9.17) is 16.3 Å². The van der Waals surface area contributed by atoms with Crippen LogP contribution in [0.15, 0.2) is 18.2 Å². The zero-order chi connectivity index (χ0) is 25.1. The molecule has 0 saturated carbocycles. The molecule has 0 amide bonds. The molecule has 3 atom stereocenters. The van der Waals surface area contributed by atoms with Crippen LogP contribution >= 0.6 is 11.6 Å². The lowest BCUT2D eigenvalue weighted by molar-refractivity contribution is -0.164. The summed E-state index contributed by atoms with van der Waals surface area (Å²) in [4.78, 5) is 13.1. The van der Waals surface area contributed by atoms with Crippen molar-refractivity contribution in [2.45, 2.75) is 97.8 Å². The third-order valence-electron chi connectivity index (χ3n) is 5.61. The Hall–Kier alpha value is -0.910. The number of hydrogen-bond acceptors (Lipinski definition) is 4. The van der Waals surface area contributed by atoms with Crippen molar-refractivity contribution in [1.29, 1.82) is 0 Å². The number of rotatable bonds is 8. The topological polar surface area (TPSA) is 63.6 Å². The molecule has 0 bridgehead atoms. The summed E-state index contributed by atoms with van der Waals surface area (Å²) in [5, 5.41) is 10.9. The first-order valence-corrected chi connectivity index (χ1v) is 13.0. The highest BCUT2D eigenvalue weighted by atomic mass is 35.5. The van der Waals surface area contributed by atoms with Gasteiger partial charge in [-0.2, -0.15) is 0 Å². The Balaban J connectivity index is 3.47. The van der Waals surface area contributed by atoms with Crippen LogP contribution in [0, 0.1) is 11.3 Å². The zero-order valence-electron chi connectivity index (χ0n) is 21.6. The Morgan fingerprint density at radius 3 is 2.03 bits per heavy atom. The smallest absolute Gasteiger partial charge is 0.312 e. The zero-order valence-corrected chi connectivity index (χ0v) is 23.2. The van der Waals surface area contributed by atoms with E-state index < -0.39 is 45.1 Å². The SMILES string of the molecule is CC(C)(C)CCc1ccc([C@](C)(CS(=O)C(C)(C)C)C(CO)C(=O)OC(C)(C)C)cc1Cl. The molecule has 0 radical (unpaired) electrons. The van der Waals surface area contributed by atoms with Gasteiger partial charge < -0.3 is 9.84 Å². The van der Waals surface area contributed by atoms with Crippen molar-refractivity contribution in [2.75, 3.05) is 12.4 Å². The number of esters is 1. The van der Waals surface area contributed by atoms with Crippen LogP contribution in [0.3, 0.4) is 0 Å². The van der Waals surface area contributed by atoms with Gasteiger partial charge in [0.25, 0.3) is 0 Å². The summed E-state index contributed by atoms with van der Waals surface area (Å²) in [7, 11) is -1.26. The maximum absolute atomic E-state index is 13.2. The van der Waals surface area contributed by atoms with Crippen LogP contribution in [-0.2, 0) is 32.2 Å². The minimum atomic E-state index is -1.26. The van der Waals surface area contributed by atoms with Crippen LogP contribution in [0.4, 0.5) is 0 Å². The number of aliphatic hydroxyl groups is 1. The van der Waals surface area contributed by atoms with Crippen LogP contribution in [0.1, 0.15) is 86.8 Å². The highest BCUT2D eigenvalue weighted by Gasteiger charge is 2.45. The lowest BCUT2D eigenvalue weighted by Crippen LogP contribution is -2.48. The fraction of sp³-hybridized carbons (Fsp3) is 0.731. The Labute approximate surface area is 202 Å². The van der Waals surface area contributed by atoms with E-state index in [2.05, 4.69) is 20.8 Å². The van der Waals surface area contributed by atoms with Gasteiger partial charge in [-0.3, -0.25) is 9.00 Å². The number of benzene rings is 1. The van der Waals surface area contributed by atoms with Gasteiger partial charge in [0.05, 0.1) is 12.5 Å². The molecule has 0 aliphatic rings. The molecule has 6 heteroatoms. The molecule has 4 nitrogen and oxygen atoms in total.